The maximum Gasteiger partial charge on any atom is 0.256 e. The molecule has 0 aliphatic heterocycles. The van der Waals surface area contributed by atoms with Gasteiger partial charge in [-0.3, -0.25) is 14.3 Å². The Morgan fingerprint density at radius 1 is 1.03 bits per heavy atom. The third kappa shape index (κ3) is 6.05. The van der Waals surface area contributed by atoms with Crippen LogP contribution in [0.4, 0.5) is 5.82 Å². The summed E-state index contributed by atoms with van der Waals surface area (Å²) in [6.07, 6.45) is 3.39. The number of aromatic nitrogens is 3. The number of nitrogens with one attached hydrogen (secondary N) is 1. The molecule has 0 unspecified atom stereocenters. The fourth-order valence-corrected chi connectivity index (χ4v) is 3.58. The fourth-order valence-electron chi connectivity index (χ4n) is 3.40. The van der Waals surface area contributed by atoms with Crippen molar-refractivity contribution >= 4 is 23.3 Å². The Hall–Kier alpha value is -4.04. The summed E-state index contributed by atoms with van der Waals surface area (Å²) in [6, 6.07) is 20.0. The molecular formula is C25H24ClN5O3. The number of carbonyl (C=O) groups is 1. The second-order valence-electron chi connectivity index (χ2n) is 7.67. The number of benzene rings is 2. The predicted molar refractivity (Wildman–Crippen MR) is 131 cm³/mol. The molecule has 0 radical (unpaired) electrons. The molecule has 34 heavy (non-hydrogen) atoms. The molecule has 8 nitrogen and oxygen atoms in total. The maximum atomic E-state index is 12.5. The highest BCUT2D eigenvalue weighted by Gasteiger charge is 2.14. The van der Waals surface area contributed by atoms with Crippen molar-refractivity contribution in [3.8, 4) is 5.75 Å². The first kappa shape index (κ1) is 23.1. The summed E-state index contributed by atoms with van der Waals surface area (Å²) >= 11 is 5.93. The van der Waals surface area contributed by atoms with E-state index >= 15 is 0 Å². The van der Waals surface area contributed by atoms with Gasteiger partial charge >= 0.3 is 0 Å². The van der Waals surface area contributed by atoms with E-state index in [0.717, 1.165) is 11.1 Å². The van der Waals surface area contributed by atoms with E-state index in [2.05, 4.69) is 10.4 Å². The average Bonchev–Trinajstić information content (AvgIpc) is 3.19. The Bertz CT molecular complexity index is 1330. The van der Waals surface area contributed by atoms with Gasteiger partial charge < -0.3 is 20.4 Å². The number of anilines is 1. The summed E-state index contributed by atoms with van der Waals surface area (Å²) in [5, 5.41) is 7.62. The summed E-state index contributed by atoms with van der Waals surface area (Å²) in [4.78, 5) is 24.4. The van der Waals surface area contributed by atoms with Crippen LogP contribution in [0.25, 0.3) is 0 Å². The SMILES string of the molecule is Nc1nn(Cc2ccc(Cn3ccccc3=O)cc2)cc1C(=O)NCCOc1cccc(Cl)c1. The molecule has 3 N–H and O–H groups in total. The minimum Gasteiger partial charge on any atom is -0.492 e. The largest absolute Gasteiger partial charge is 0.492 e. The molecule has 0 aliphatic rings. The lowest BCUT2D eigenvalue weighted by Gasteiger charge is -2.07. The first-order chi connectivity index (χ1) is 16.5. The summed E-state index contributed by atoms with van der Waals surface area (Å²) in [7, 11) is 0. The zero-order valence-electron chi connectivity index (χ0n) is 18.4. The van der Waals surface area contributed by atoms with Crippen LogP contribution >= 0.6 is 11.6 Å². The minimum absolute atomic E-state index is 0.0413. The van der Waals surface area contributed by atoms with Crippen LogP contribution in [0.3, 0.4) is 0 Å². The van der Waals surface area contributed by atoms with Crippen LogP contribution in [0.5, 0.6) is 5.75 Å². The van der Waals surface area contributed by atoms with E-state index in [1.807, 2.05) is 30.3 Å². The van der Waals surface area contributed by atoms with Gasteiger partial charge in [0.05, 0.1) is 19.6 Å². The van der Waals surface area contributed by atoms with Gasteiger partial charge in [0.1, 0.15) is 17.9 Å². The van der Waals surface area contributed by atoms with Crippen LogP contribution in [-0.2, 0) is 13.1 Å². The van der Waals surface area contributed by atoms with Crippen LogP contribution in [-0.4, -0.2) is 33.4 Å². The Balaban J connectivity index is 1.30. The van der Waals surface area contributed by atoms with E-state index in [1.165, 1.54) is 6.07 Å². The van der Waals surface area contributed by atoms with Crippen LogP contribution in [0.2, 0.25) is 5.02 Å². The molecule has 2 aromatic carbocycles. The lowest BCUT2D eigenvalue weighted by atomic mass is 10.1. The lowest BCUT2D eigenvalue weighted by molar-refractivity contribution is 0.0947. The van der Waals surface area contributed by atoms with E-state index in [0.29, 0.717) is 42.6 Å². The molecule has 0 saturated heterocycles. The molecular weight excluding hydrogens is 454 g/mol. The molecule has 174 valence electrons. The Morgan fingerprint density at radius 3 is 2.53 bits per heavy atom. The zero-order chi connectivity index (χ0) is 23.9. The number of amides is 1. The number of hydrogen-bond acceptors (Lipinski definition) is 5. The molecule has 4 rings (SSSR count). The van der Waals surface area contributed by atoms with E-state index in [1.54, 1.807) is 52.0 Å². The lowest BCUT2D eigenvalue weighted by Crippen LogP contribution is -2.28. The summed E-state index contributed by atoms with van der Waals surface area (Å²) < 4.78 is 8.85. The van der Waals surface area contributed by atoms with Gasteiger partial charge in [-0.05, 0) is 35.4 Å². The number of nitrogens with zero attached hydrogens (tertiary/aromatic N) is 3. The number of carbonyl (C=O) groups excluding carboxylic acids is 1. The van der Waals surface area contributed by atoms with Gasteiger partial charge in [-0.1, -0.05) is 48.0 Å². The van der Waals surface area contributed by atoms with Gasteiger partial charge in [-0.25, -0.2) is 0 Å². The Morgan fingerprint density at radius 2 is 1.79 bits per heavy atom. The zero-order valence-corrected chi connectivity index (χ0v) is 19.1. The normalized spacial score (nSPS) is 10.7. The van der Waals surface area contributed by atoms with E-state index < -0.39 is 0 Å². The monoisotopic (exact) mass is 477 g/mol. The Labute approximate surface area is 201 Å². The van der Waals surface area contributed by atoms with Crippen molar-refractivity contribution in [2.45, 2.75) is 13.1 Å². The molecule has 9 heteroatoms. The number of rotatable bonds is 9. The van der Waals surface area contributed by atoms with E-state index in [-0.39, 0.29) is 17.3 Å². The molecule has 0 spiro atoms. The third-order valence-corrected chi connectivity index (χ3v) is 5.34. The van der Waals surface area contributed by atoms with Crippen molar-refractivity contribution in [2.24, 2.45) is 0 Å². The number of pyridine rings is 1. The minimum atomic E-state index is -0.318. The van der Waals surface area contributed by atoms with Crippen LogP contribution in [0.15, 0.2) is 83.9 Å². The number of halogens is 1. The molecule has 0 aliphatic carbocycles. The quantitative estimate of drug-likeness (QED) is 0.360. The molecule has 0 saturated carbocycles. The molecule has 2 aromatic heterocycles. The molecule has 1 amide bonds. The number of ether oxygens (including phenoxy) is 1. The van der Waals surface area contributed by atoms with Crippen LogP contribution < -0.4 is 21.3 Å². The summed E-state index contributed by atoms with van der Waals surface area (Å²) in [5.41, 5.74) is 8.23. The number of nitrogens with two attached hydrogens (primary N) is 1. The molecule has 4 aromatic rings. The van der Waals surface area contributed by atoms with Crippen molar-refractivity contribution in [3.63, 3.8) is 0 Å². The van der Waals surface area contributed by atoms with E-state index in [4.69, 9.17) is 22.1 Å². The van der Waals surface area contributed by atoms with Gasteiger partial charge in [0.25, 0.3) is 11.5 Å². The highest BCUT2D eigenvalue weighted by molar-refractivity contribution is 6.30. The second-order valence-corrected chi connectivity index (χ2v) is 8.11. The predicted octanol–water partition coefficient (Wildman–Crippen LogP) is 3.19. The highest BCUT2D eigenvalue weighted by atomic mass is 35.5. The number of hydrogen-bond donors (Lipinski definition) is 2. The van der Waals surface area contributed by atoms with Crippen molar-refractivity contribution in [3.05, 3.63) is 111 Å². The number of nitrogen functional groups attached to an aromatic ring is 1. The highest BCUT2D eigenvalue weighted by Crippen LogP contribution is 2.17. The van der Waals surface area contributed by atoms with Crippen molar-refractivity contribution in [1.29, 1.82) is 0 Å². The maximum absolute atomic E-state index is 12.5. The second kappa shape index (κ2) is 10.7. The van der Waals surface area contributed by atoms with Crippen molar-refractivity contribution in [1.82, 2.24) is 19.7 Å². The third-order valence-electron chi connectivity index (χ3n) is 5.11. The standard InChI is InChI=1S/C25H24ClN5O3/c26-20-4-3-5-21(14-20)34-13-11-28-25(33)22-17-31(29-24(22)27)16-19-9-7-18(8-10-19)15-30-12-2-1-6-23(30)32/h1-10,12,14,17H,11,13,15-16H2,(H2,27,29)(H,28,33). The van der Waals surface area contributed by atoms with Gasteiger partial charge in [0.2, 0.25) is 0 Å². The van der Waals surface area contributed by atoms with E-state index in [9.17, 15) is 9.59 Å². The summed E-state index contributed by atoms with van der Waals surface area (Å²) in [5.74, 6) is 0.478. The van der Waals surface area contributed by atoms with Gasteiger partial charge in [-0.2, -0.15) is 5.10 Å². The van der Waals surface area contributed by atoms with Crippen LogP contribution in [0.1, 0.15) is 21.5 Å². The average molecular weight is 478 g/mol. The molecule has 2 heterocycles. The smallest absolute Gasteiger partial charge is 0.256 e. The van der Waals surface area contributed by atoms with Crippen molar-refractivity contribution < 1.29 is 9.53 Å². The first-order valence-corrected chi connectivity index (χ1v) is 11.1. The van der Waals surface area contributed by atoms with Gasteiger partial charge in [0.15, 0.2) is 5.82 Å². The van der Waals surface area contributed by atoms with Crippen molar-refractivity contribution in [2.75, 3.05) is 18.9 Å². The van der Waals surface area contributed by atoms with Gasteiger partial charge in [0, 0.05) is 23.5 Å². The Kier molecular flexibility index (Phi) is 7.29. The molecule has 0 atom stereocenters. The van der Waals surface area contributed by atoms with Gasteiger partial charge in [-0.15, -0.1) is 0 Å². The van der Waals surface area contributed by atoms with Crippen LogP contribution in [0, 0.1) is 0 Å². The summed E-state index contributed by atoms with van der Waals surface area (Å²) in [6.45, 7) is 1.56. The first-order valence-electron chi connectivity index (χ1n) is 10.7. The fraction of sp³-hybridized carbons (Fsp3) is 0.160. The topological polar surface area (TPSA) is 104 Å². The molecule has 0 fully saturated rings. The molecule has 0 bridgehead atoms.